The molecule has 4 nitrogen and oxygen atoms in total. The van der Waals surface area contributed by atoms with Gasteiger partial charge in [-0.15, -0.1) is 0 Å². The lowest BCUT2D eigenvalue weighted by Gasteiger charge is -2.36. The van der Waals surface area contributed by atoms with Crippen molar-refractivity contribution < 1.29 is 22.8 Å². The van der Waals surface area contributed by atoms with Gasteiger partial charge in [0, 0.05) is 18.7 Å². The van der Waals surface area contributed by atoms with Crippen molar-refractivity contribution in [1.82, 2.24) is 10.2 Å². The number of carbonyl (C=O) groups excluding carboxylic acids is 2. The number of piperidine rings is 1. The fourth-order valence-electron chi connectivity index (χ4n) is 3.17. The van der Waals surface area contributed by atoms with E-state index in [0.717, 1.165) is 5.56 Å². The van der Waals surface area contributed by atoms with Crippen molar-refractivity contribution in [2.24, 2.45) is 11.8 Å². The highest BCUT2D eigenvalue weighted by Crippen LogP contribution is 2.33. The summed E-state index contributed by atoms with van der Waals surface area (Å²) in [5, 5.41) is 2.70. The molecule has 1 aliphatic heterocycles. The molecule has 0 radical (unpaired) electrons. The van der Waals surface area contributed by atoms with Gasteiger partial charge in [-0.25, -0.2) is 0 Å². The Labute approximate surface area is 151 Å². The van der Waals surface area contributed by atoms with Crippen LogP contribution in [0.3, 0.4) is 0 Å². The average Bonchev–Trinajstić information content (AvgIpc) is 2.58. The minimum atomic E-state index is -4.31. The predicted octanol–water partition coefficient (Wildman–Crippen LogP) is 3.55. The number of alkyl halides is 3. The number of hydrogen-bond donors (Lipinski definition) is 1. The fraction of sp³-hybridized carbons (Fsp3) is 0.579. The number of aryl methyl sites for hydroxylation is 1. The number of hydrogen-bond acceptors (Lipinski definition) is 2. The molecule has 2 amide bonds. The lowest BCUT2D eigenvalue weighted by molar-refractivity contribution is -0.188. The van der Waals surface area contributed by atoms with Crippen LogP contribution in [0.2, 0.25) is 0 Å². The second-order valence-corrected chi connectivity index (χ2v) is 7.23. The van der Waals surface area contributed by atoms with Gasteiger partial charge in [-0.3, -0.25) is 9.59 Å². The number of rotatable bonds is 4. The molecule has 0 aliphatic carbocycles. The average molecular weight is 370 g/mol. The molecule has 1 aromatic carbocycles. The minimum Gasteiger partial charge on any atom is -0.340 e. The summed E-state index contributed by atoms with van der Waals surface area (Å²) >= 11 is 0. The second-order valence-electron chi connectivity index (χ2n) is 7.23. The van der Waals surface area contributed by atoms with Crippen molar-refractivity contribution >= 4 is 11.8 Å². The molecule has 2 rings (SSSR count). The molecule has 1 heterocycles. The summed E-state index contributed by atoms with van der Waals surface area (Å²) in [5.74, 6) is -2.58. The number of nitrogens with zero attached hydrogens (tertiary/aromatic N) is 1. The van der Waals surface area contributed by atoms with E-state index in [9.17, 15) is 22.8 Å². The summed E-state index contributed by atoms with van der Waals surface area (Å²) in [6.45, 7) is 5.34. The number of carbonyl (C=O) groups is 2. The molecule has 144 valence electrons. The molecule has 1 aliphatic rings. The molecule has 0 spiro atoms. The number of amides is 2. The Balaban J connectivity index is 2.11. The van der Waals surface area contributed by atoms with E-state index in [1.54, 1.807) is 32.0 Å². The van der Waals surface area contributed by atoms with Crippen LogP contribution in [0, 0.1) is 18.8 Å². The number of likely N-dealkylation sites (tertiary alicyclic amines) is 1. The summed E-state index contributed by atoms with van der Waals surface area (Å²) in [7, 11) is 0. The number of benzene rings is 1. The van der Waals surface area contributed by atoms with Crippen molar-refractivity contribution in [2.45, 2.75) is 45.8 Å². The van der Waals surface area contributed by atoms with Gasteiger partial charge in [-0.2, -0.15) is 13.2 Å². The Morgan fingerprint density at radius 3 is 2.54 bits per heavy atom. The maximum atomic E-state index is 13.0. The maximum Gasteiger partial charge on any atom is 0.393 e. The molecule has 0 bridgehead atoms. The zero-order valence-electron chi connectivity index (χ0n) is 15.3. The van der Waals surface area contributed by atoms with E-state index in [2.05, 4.69) is 5.32 Å². The van der Waals surface area contributed by atoms with Gasteiger partial charge in [-0.05, 0) is 37.8 Å². The van der Waals surface area contributed by atoms with Gasteiger partial charge < -0.3 is 10.2 Å². The molecular weight excluding hydrogens is 345 g/mol. The third-order valence-electron chi connectivity index (χ3n) is 4.70. The summed E-state index contributed by atoms with van der Waals surface area (Å²) in [5.41, 5.74) is 1.34. The van der Waals surface area contributed by atoms with E-state index in [1.165, 1.54) is 4.90 Å². The molecule has 26 heavy (non-hydrogen) atoms. The van der Waals surface area contributed by atoms with Gasteiger partial charge in [-0.1, -0.05) is 31.5 Å². The summed E-state index contributed by atoms with van der Waals surface area (Å²) < 4.78 is 39.0. The molecule has 1 aromatic rings. The fourth-order valence-corrected chi connectivity index (χ4v) is 3.17. The monoisotopic (exact) mass is 370 g/mol. The first-order chi connectivity index (χ1) is 12.1. The molecule has 7 heteroatoms. The van der Waals surface area contributed by atoms with E-state index >= 15 is 0 Å². The Morgan fingerprint density at radius 1 is 1.27 bits per heavy atom. The number of halogens is 3. The molecule has 0 unspecified atom stereocenters. The second kappa shape index (κ2) is 8.10. The molecule has 1 N–H and O–H groups in total. The highest BCUT2D eigenvalue weighted by molar-refractivity contribution is 5.97. The highest BCUT2D eigenvalue weighted by Gasteiger charge is 2.43. The quantitative estimate of drug-likeness (QED) is 0.881. The Morgan fingerprint density at radius 2 is 1.96 bits per heavy atom. The van der Waals surface area contributed by atoms with Crippen molar-refractivity contribution in [3.8, 4) is 0 Å². The Kier molecular flexibility index (Phi) is 6.31. The third kappa shape index (κ3) is 4.99. The van der Waals surface area contributed by atoms with Crippen LogP contribution in [0.15, 0.2) is 24.3 Å². The molecule has 2 atom stereocenters. The van der Waals surface area contributed by atoms with Gasteiger partial charge in [0.2, 0.25) is 5.91 Å². The number of nitrogens with one attached hydrogen (secondary N) is 1. The van der Waals surface area contributed by atoms with Crippen molar-refractivity contribution in [3.05, 3.63) is 35.4 Å². The van der Waals surface area contributed by atoms with Crippen LogP contribution in [0.25, 0.3) is 0 Å². The lowest BCUT2D eigenvalue weighted by atomic mass is 9.95. The molecule has 0 saturated carbocycles. The van der Waals surface area contributed by atoms with Crippen LogP contribution < -0.4 is 5.32 Å². The zero-order valence-corrected chi connectivity index (χ0v) is 15.3. The SMILES string of the molecule is Cc1cccc(C(=O)N[C@@H](C(=O)N2CCC[C@H](C(F)(F)F)C2)C(C)C)c1. The van der Waals surface area contributed by atoms with Crippen LogP contribution >= 0.6 is 0 Å². The minimum absolute atomic E-state index is 0.0370. The first-order valence-electron chi connectivity index (χ1n) is 8.82. The van der Waals surface area contributed by atoms with Gasteiger partial charge in [0.25, 0.3) is 5.91 Å². The summed E-state index contributed by atoms with van der Waals surface area (Å²) in [4.78, 5) is 26.5. The molecule has 0 aromatic heterocycles. The summed E-state index contributed by atoms with van der Waals surface area (Å²) in [6.07, 6.45) is -3.96. The molecular formula is C19H25F3N2O2. The van der Waals surface area contributed by atoms with Crippen LogP contribution in [-0.2, 0) is 4.79 Å². The highest BCUT2D eigenvalue weighted by atomic mass is 19.4. The zero-order chi connectivity index (χ0) is 19.5. The van der Waals surface area contributed by atoms with Gasteiger partial charge in [0.1, 0.15) is 6.04 Å². The van der Waals surface area contributed by atoms with E-state index in [0.29, 0.717) is 12.0 Å². The third-order valence-corrected chi connectivity index (χ3v) is 4.70. The molecule has 1 fully saturated rings. The predicted molar refractivity (Wildman–Crippen MR) is 92.6 cm³/mol. The first kappa shape index (κ1) is 20.3. The van der Waals surface area contributed by atoms with Crippen LogP contribution in [0.5, 0.6) is 0 Å². The van der Waals surface area contributed by atoms with Crippen molar-refractivity contribution in [2.75, 3.05) is 13.1 Å². The van der Waals surface area contributed by atoms with E-state index < -0.39 is 30.0 Å². The summed E-state index contributed by atoms with van der Waals surface area (Å²) in [6, 6.07) is 6.10. The standard InChI is InChI=1S/C19H25F3N2O2/c1-12(2)16(23-17(25)14-7-4-6-13(3)10-14)18(26)24-9-5-8-15(11-24)19(20,21)22/h4,6-7,10,12,15-16H,5,8-9,11H2,1-3H3,(H,23,25)/t15-,16+/m0/s1. The van der Waals surface area contributed by atoms with E-state index in [1.807, 2.05) is 13.0 Å². The van der Waals surface area contributed by atoms with Crippen LogP contribution in [0.1, 0.15) is 42.6 Å². The Hall–Kier alpha value is -2.05. The van der Waals surface area contributed by atoms with Gasteiger partial charge >= 0.3 is 6.18 Å². The largest absolute Gasteiger partial charge is 0.393 e. The topological polar surface area (TPSA) is 49.4 Å². The lowest BCUT2D eigenvalue weighted by Crippen LogP contribution is -2.54. The first-order valence-corrected chi connectivity index (χ1v) is 8.82. The molecule has 1 saturated heterocycles. The van der Waals surface area contributed by atoms with Gasteiger partial charge in [0.05, 0.1) is 5.92 Å². The van der Waals surface area contributed by atoms with Crippen LogP contribution in [-0.4, -0.2) is 42.0 Å². The van der Waals surface area contributed by atoms with E-state index in [-0.39, 0.29) is 25.4 Å². The smallest absolute Gasteiger partial charge is 0.340 e. The van der Waals surface area contributed by atoms with Gasteiger partial charge in [0.15, 0.2) is 0 Å². The normalized spacial score (nSPS) is 19.3. The van der Waals surface area contributed by atoms with Crippen LogP contribution in [0.4, 0.5) is 13.2 Å². The Bertz CT molecular complexity index is 658. The van der Waals surface area contributed by atoms with Crippen molar-refractivity contribution in [3.63, 3.8) is 0 Å². The maximum absolute atomic E-state index is 13.0. The van der Waals surface area contributed by atoms with Crippen molar-refractivity contribution in [1.29, 1.82) is 0 Å². The van der Waals surface area contributed by atoms with E-state index in [4.69, 9.17) is 0 Å².